The molecular formula is C6H8N4O2S. The maximum Gasteiger partial charge on any atom is 0.328 e. The van der Waals surface area contributed by atoms with E-state index in [2.05, 4.69) is 34.7 Å². The summed E-state index contributed by atoms with van der Waals surface area (Å²) in [4.78, 5) is 11.0. The minimum atomic E-state index is -0.428. The van der Waals surface area contributed by atoms with Gasteiger partial charge in [0.25, 0.3) is 0 Å². The zero-order valence-corrected chi connectivity index (χ0v) is 7.65. The second-order valence-electron chi connectivity index (χ2n) is 2.11. The Morgan fingerprint density at radius 2 is 2.54 bits per heavy atom. The Kier molecular flexibility index (Phi) is 3.44. The highest BCUT2D eigenvalue weighted by Gasteiger charge is 2.07. The van der Waals surface area contributed by atoms with Crippen LogP contribution in [-0.4, -0.2) is 32.8 Å². The van der Waals surface area contributed by atoms with E-state index in [4.69, 9.17) is 4.74 Å². The van der Waals surface area contributed by atoms with Crippen LogP contribution in [0.25, 0.3) is 0 Å². The van der Waals surface area contributed by atoms with E-state index in [1.807, 2.05) is 0 Å². The van der Waals surface area contributed by atoms with Crippen molar-refractivity contribution >= 4 is 18.6 Å². The summed E-state index contributed by atoms with van der Waals surface area (Å²) in [5, 5.41) is 10.6. The van der Waals surface area contributed by atoms with Gasteiger partial charge < -0.3 is 4.74 Å². The highest BCUT2D eigenvalue weighted by atomic mass is 32.1. The number of carbonyl (C=O) groups excluding carboxylic acids is 1. The van der Waals surface area contributed by atoms with Crippen LogP contribution in [0, 0.1) is 0 Å². The summed E-state index contributed by atoms with van der Waals surface area (Å²) in [6.07, 6.45) is 1.49. The van der Waals surface area contributed by atoms with Crippen molar-refractivity contribution in [3.8, 4) is 0 Å². The molecule has 0 saturated carbocycles. The molecule has 0 aromatic carbocycles. The summed E-state index contributed by atoms with van der Waals surface area (Å²) in [5.74, 6) is -0.428. The quantitative estimate of drug-likeness (QED) is 0.410. The van der Waals surface area contributed by atoms with Gasteiger partial charge in [0, 0.05) is 0 Å². The molecule has 6 nitrogen and oxygen atoms in total. The molecule has 0 aliphatic heterocycles. The fraction of sp³-hybridized carbons (Fsp3) is 0.333. The number of thiol groups is 1. The highest BCUT2D eigenvalue weighted by Crippen LogP contribution is 1.97. The van der Waals surface area contributed by atoms with Gasteiger partial charge in [-0.05, 0) is 10.4 Å². The lowest BCUT2D eigenvalue weighted by atomic mass is 10.6. The van der Waals surface area contributed by atoms with Gasteiger partial charge in [-0.15, -0.1) is 17.7 Å². The SMILES string of the molecule is C=CCOC(=O)Cn1nnnc1S. The molecule has 0 bridgehead atoms. The fourth-order valence-corrected chi connectivity index (χ4v) is 0.773. The summed E-state index contributed by atoms with van der Waals surface area (Å²) >= 11 is 3.91. The summed E-state index contributed by atoms with van der Waals surface area (Å²) < 4.78 is 5.94. The van der Waals surface area contributed by atoms with Crippen molar-refractivity contribution in [3.63, 3.8) is 0 Å². The smallest absolute Gasteiger partial charge is 0.328 e. The number of rotatable bonds is 4. The molecule has 0 fully saturated rings. The molecule has 0 N–H and O–H groups in total. The van der Waals surface area contributed by atoms with Gasteiger partial charge in [-0.1, -0.05) is 12.7 Å². The third-order valence-corrected chi connectivity index (χ3v) is 1.47. The molecule has 0 aliphatic rings. The molecule has 1 heterocycles. The molecule has 1 aromatic heterocycles. The molecule has 70 valence electrons. The molecule has 1 aromatic rings. The van der Waals surface area contributed by atoms with Crippen LogP contribution < -0.4 is 0 Å². The van der Waals surface area contributed by atoms with Gasteiger partial charge in [0.05, 0.1) is 0 Å². The van der Waals surface area contributed by atoms with Crippen LogP contribution in [0.5, 0.6) is 0 Å². The number of nitrogens with zero attached hydrogens (tertiary/aromatic N) is 4. The maximum atomic E-state index is 11.0. The Balaban J connectivity index is 2.45. The van der Waals surface area contributed by atoms with Gasteiger partial charge in [0.2, 0.25) is 5.16 Å². The van der Waals surface area contributed by atoms with Gasteiger partial charge in [0.1, 0.15) is 13.2 Å². The number of esters is 1. The van der Waals surface area contributed by atoms with E-state index in [1.165, 1.54) is 10.8 Å². The van der Waals surface area contributed by atoms with E-state index >= 15 is 0 Å². The maximum absolute atomic E-state index is 11.0. The lowest BCUT2D eigenvalue weighted by Crippen LogP contribution is -2.15. The van der Waals surface area contributed by atoms with Crippen molar-refractivity contribution in [1.82, 2.24) is 20.2 Å². The van der Waals surface area contributed by atoms with Gasteiger partial charge in [-0.2, -0.15) is 0 Å². The number of tetrazole rings is 1. The number of hydrogen-bond acceptors (Lipinski definition) is 6. The van der Waals surface area contributed by atoms with E-state index in [1.54, 1.807) is 0 Å². The van der Waals surface area contributed by atoms with Crippen LogP contribution in [0.15, 0.2) is 17.8 Å². The lowest BCUT2D eigenvalue weighted by molar-refractivity contribution is -0.143. The van der Waals surface area contributed by atoms with Crippen LogP contribution in [0.3, 0.4) is 0 Å². The first kappa shape index (κ1) is 9.72. The topological polar surface area (TPSA) is 69.9 Å². The first-order chi connectivity index (χ1) is 6.24. The van der Waals surface area contributed by atoms with Crippen molar-refractivity contribution in [2.75, 3.05) is 6.61 Å². The van der Waals surface area contributed by atoms with Gasteiger partial charge in [0.15, 0.2) is 0 Å². The number of ether oxygens (including phenoxy) is 1. The minimum Gasteiger partial charge on any atom is -0.460 e. The molecule has 0 amide bonds. The van der Waals surface area contributed by atoms with Crippen LogP contribution in [0.2, 0.25) is 0 Å². The molecule has 0 spiro atoms. The highest BCUT2D eigenvalue weighted by molar-refractivity contribution is 7.80. The molecule has 0 saturated heterocycles. The molecule has 13 heavy (non-hydrogen) atoms. The summed E-state index contributed by atoms with van der Waals surface area (Å²) in [6.45, 7) is 3.55. The van der Waals surface area contributed by atoms with Gasteiger partial charge in [-0.25, -0.2) is 4.68 Å². The predicted octanol–water partition coefficient (Wildman–Crippen LogP) is -0.309. The number of hydrogen-bond donors (Lipinski definition) is 1. The Morgan fingerprint density at radius 1 is 1.77 bits per heavy atom. The van der Waals surface area contributed by atoms with Crippen molar-refractivity contribution < 1.29 is 9.53 Å². The van der Waals surface area contributed by atoms with Crippen LogP contribution in [-0.2, 0) is 16.1 Å². The van der Waals surface area contributed by atoms with Gasteiger partial charge in [-0.3, -0.25) is 4.79 Å². The molecule has 0 aliphatic carbocycles. The van der Waals surface area contributed by atoms with Crippen molar-refractivity contribution in [2.45, 2.75) is 11.7 Å². The van der Waals surface area contributed by atoms with E-state index in [9.17, 15) is 4.79 Å². The van der Waals surface area contributed by atoms with Crippen molar-refractivity contribution in [2.24, 2.45) is 0 Å². The Hall–Kier alpha value is -1.37. The zero-order chi connectivity index (χ0) is 9.68. The van der Waals surface area contributed by atoms with E-state index in [0.717, 1.165) is 0 Å². The largest absolute Gasteiger partial charge is 0.460 e. The summed E-state index contributed by atoms with van der Waals surface area (Å²) in [6, 6.07) is 0. The second kappa shape index (κ2) is 4.61. The van der Waals surface area contributed by atoms with Crippen molar-refractivity contribution in [1.29, 1.82) is 0 Å². The molecule has 0 unspecified atom stereocenters. The predicted molar refractivity (Wildman–Crippen MR) is 46.2 cm³/mol. The molecule has 7 heteroatoms. The molecule has 1 rings (SSSR count). The Morgan fingerprint density at radius 3 is 3.08 bits per heavy atom. The zero-order valence-electron chi connectivity index (χ0n) is 6.75. The number of carbonyl (C=O) groups is 1. The van der Waals surface area contributed by atoms with Crippen LogP contribution in [0.1, 0.15) is 0 Å². The third-order valence-electron chi connectivity index (χ3n) is 1.15. The first-order valence-corrected chi connectivity index (χ1v) is 3.90. The van der Waals surface area contributed by atoms with E-state index in [-0.39, 0.29) is 18.3 Å². The average Bonchev–Trinajstić information content (AvgIpc) is 2.48. The third kappa shape index (κ3) is 2.86. The normalized spacial score (nSPS) is 9.62. The molecule has 0 radical (unpaired) electrons. The van der Waals surface area contributed by atoms with Crippen molar-refractivity contribution in [3.05, 3.63) is 12.7 Å². The molecular weight excluding hydrogens is 192 g/mol. The first-order valence-electron chi connectivity index (χ1n) is 3.45. The average molecular weight is 200 g/mol. The minimum absolute atomic E-state index is 0.0420. The van der Waals surface area contributed by atoms with E-state index < -0.39 is 5.97 Å². The lowest BCUT2D eigenvalue weighted by Gasteiger charge is -2.00. The van der Waals surface area contributed by atoms with Crippen LogP contribution >= 0.6 is 12.6 Å². The standard InChI is InChI=1S/C6H8N4O2S/c1-2-3-12-5(11)4-10-6(13)7-8-9-10/h2H,1,3-4H2,(H,7,9,13). The Labute approximate surface area is 80.0 Å². The fourth-order valence-electron chi connectivity index (χ4n) is 0.622. The number of aromatic nitrogens is 4. The summed E-state index contributed by atoms with van der Waals surface area (Å²) in [5.41, 5.74) is 0. The Bertz CT molecular complexity index is 311. The molecule has 0 atom stereocenters. The monoisotopic (exact) mass is 200 g/mol. The van der Waals surface area contributed by atoms with Gasteiger partial charge >= 0.3 is 5.97 Å². The van der Waals surface area contributed by atoms with Crippen LogP contribution in [0.4, 0.5) is 0 Å². The second-order valence-corrected chi connectivity index (χ2v) is 2.51. The summed E-state index contributed by atoms with van der Waals surface area (Å²) in [7, 11) is 0. The van der Waals surface area contributed by atoms with E-state index in [0.29, 0.717) is 0 Å².